The maximum absolute atomic E-state index is 12.5. The molecule has 1 aromatic heterocycles. The number of rotatable bonds is 5. The third kappa shape index (κ3) is 4.06. The number of benzene rings is 2. The minimum Gasteiger partial charge on any atom is -0.479 e. The molecule has 0 aliphatic heterocycles. The van der Waals surface area contributed by atoms with E-state index >= 15 is 0 Å². The van der Waals surface area contributed by atoms with Crippen LogP contribution in [0.2, 0.25) is 0 Å². The van der Waals surface area contributed by atoms with Crippen molar-refractivity contribution in [3.8, 4) is 16.9 Å². The highest BCUT2D eigenvalue weighted by molar-refractivity contribution is 9.10. The zero-order chi connectivity index (χ0) is 19.6. The summed E-state index contributed by atoms with van der Waals surface area (Å²) in [6.45, 7) is 5.54. The third-order valence-electron chi connectivity index (χ3n) is 4.20. The molecule has 0 aliphatic carbocycles. The molecule has 1 heterocycles. The van der Waals surface area contributed by atoms with Crippen LogP contribution in [0.4, 0.5) is 0 Å². The smallest absolute Gasteiger partial charge is 0.347 e. The van der Waals surface area contributed by atoms with Gasteiger partial charge in [-0.3, -0.25) is 0 Å². The molecule has 0 radical (unpaired) electrons. The molecule has 0 fully saturated rings. The average molecular weight is 431 g/mol. The van der Waals surface area contributed by atoms with E-state index < -0.39 is 17.7 Å². The lowest BCUT2D eigenvalue weighted by Gasteiger charge is -2.14. The maximum atomic E-state index is 12.5. The van der Waals surface area contributed by atoms with Crippen LogP contribution in [-0.4, -0.2) is 18.7 Å². The first-order valence-corrected chi connectivity index (χ1v) is 9.36. The third-order valence-corrected chi connectivity index (χ3v) is 4.73. The predicted octanol–water partition coefficient (Wildman–Crippen LogP) is 4.86. The highest BCUT2D eigenvalue weighted by atomic mass is 79.9. The summed E-state index contributed by atoms with van der Waals surface area (Å²) in [4.78, 5) is 24.3. The van der Waals surface area contributed by atoms with E-state index in [1.165, 1.54) is 0 Å². The van der Waals surface area contributed by atoms with E-state index in [9.17, 15) is 9.59 Å². The summed E-state index contributed by atoms with van der Waals surface area (Å²) in [6.07, 6.45) is -0.732. The second-order valence-corrected chi connectivity index (χ2v) is 6.98. The molecule has 5 nitrogen and oxygen atoms in total. The number of ether oxygens (including phenoxy) is 2. The fraction of sp³-hybridized carbons (Fsp3) is 0.238. The van der Waals surface area contributed by atoms with Crippen LogP contribution in [0, 0.1) is 6.92 Å². The lowest BCUT2D eigenvalue weighted by molar-refractivity contribution is -0.150. The van der Waals surface area contributed by atoms with E-state index in [-0.39, 0.29) is 0 Å². The molecule has 2 aromatic carbocycles. The van der Waals surface area contributed by atoms with Gasteiger partial charge in [-0.05, 0) is 62.2 Å². The van der Waals surface area contributed by atoms with Gasteiger partial charge in [0.25, 0.3) is 0 Å². The Morgan fingerprint density at radius 2 is 1.89 bits per heavy atom. The van der Waals surface area contributed by atoms with Gasteiger partial charge in [-0.15, -0.1) is 0 Å². The van der Waals surface area contributed by atoms with Gasteiger partial charge >= 0.3 is 11.6 Å². The monoisotopic (exact) mass is 430 g/mol. The zero-order valence-electron chi connectivity index (χ0n) is 15.2. The highest BCUT2D eigenvalue weighted by Gasteiger charge is 2.18. The van der Waals surface area contributed by atoms with Crippen molar-refractivity contribution in [3.63, 3.8) is 0 Å². The highest BCUT2D eigenvalue weighted by Crippen LogP contribution is 2.30. The molecule has 0 saturated carbocycles. The van der Waals surface area contributed by atoms with Gasteiger partial charge in [-0.25, -0.2) is 9.59 Å². The summed E-state index contributed by atoms with van der Waals surface area (Å²) < 4.78 is 17.1. The van der Waals surface area contributed by atoms with Gasteiger partial charge in [0, 0.05) is 9.86 Å². The van der Waals surface area contributed by atoms with Crippen LogP contribution in [0.25, 0.3) is 22.1 Å². The molecule has 3 aromatic rings. The first-order chi connectivity index (χ1) is 12.9. The largest absolute Gasteiger partial charge is 0.479 e. The predicted molar refractivity (Wildman–Crippen MR) is 107 cm³/mol. The Kier molecular flexibility index (Phi) is 5.65. The molecule has 1 atom stereocenters. The lowest BCUT2D eigenvalue weighted by atomic mass is 9.99. The topological polar surface area (TPSA) is 65.7 Å². The number of carbonyl (C=O) groups excluding carboxylic acids is 1. The van der Waals surface area contributed by atoms with E-state index in [1.807, 2.05) is 31.2 Å². The number of halogens is 1. The fourth-order valence-corrected chi connectivity index (χ4v) is 3.13. The first kappa shape index (κ1) is 19.2. The van der Waals surface area contributed by atoms with Gasteiger partial charge in [0.05, 0.1) is 12.2 Å². The van der Waals surface area contributed by atoms with Crippen LogP contribution in [0.1, 0.15) is 19.4 Å². The summed E-state index contributed by atoms with van der Waals surface area (Å²) >= 11 is 3.39. The Hall–Kier alpha value is -2.60. The van der Waals surface area contributed by atoms with E-state index in [2.05, 4.69) is 15.9 Å². The molecular formula is C21H19BrO5. The summed E-state index contributed by atoms with van der Waals surface area (Å²) in [6, 6.07) is 12.6. The van der Waals surface area contributed by atoms with Crippen molar-refractivity contribution in [1.29, 1.82) is 0 Å². The van der Waals surface area contributed by atoms with Crippen LogP contribution < -0.4 is 10.4 Å². The Labute approximate surface area is 165 Å². The van der Waals surface area contributed by atoms with Crippen LogP contribution >= 0.6 is 15.9 Å². The fourth-order valence-electron chi connectivity index (χ4n) is 2.87. The van der Waals surface area contributed by atoms with Crippen molar-refractivity contribution in [1.82, 2.24) is 0 Å². The number of esters is 1. The first-order valence-electron chi connectivity index (χ1n) is 8.57. The van der Waals surface area contributed by atoms with Crippen LogP contribution in [0.15, 0.2) is 56.1 Å². The second kappa shape index (κ2) is 7.96. The molecule has 0 saturated heterocycles. The number of carbonyl (C=O) groups is 1. The van der Waals surface area contributed by atoms with E-state index in [0.29, 0.717) is 23.5 Å². The normalized spacial score (nSPS) is 12.0. The molecule has 140 valence electrons. The molecule has 0 N–H and O–H groups in total. The van der Waals surface area contributed by atoms with Crippen LogP contribution in [0.3, 0.4) is 0 Å². The van der Waals surface area contributed by atoms with Crippen molar-refractivity contribution in [2.24, 2.45) is 0 Å². The van der Waals surface area contributed by atoms with Crippen molar-refractivity contribution in [3.05, 3.63) is 62.9 Å². The summed E-state index contributed by atoms with van der Waals surface area (Å²) in [7, 11) is 0. The standard InChI is InChI=1S/C21H19BrO5/c1-4-25-20(23)13(3)26-16-9-10-18-17(11-16)12(2)19(21(24)27-18)14-5-7-15(22)8-6-14/h5-11,13H,4H2,1-3H3/t13-/m1/s1. The Balaban J connectivity index is 2.04. The number of fused-ring (bicyclic) bond motifs is 1. The molecule has 0 spiro atoms. The molecule has 6 heteroatoms. The lowest BCUT2D eigenvalue weighted by Crippen LogP contribution is -2.26. The van der Waals surface area contributed by atoms with E-state index in [1.54, 1.807) is 32.0 Å². The van der Waals surface area contributed by atoms with Gasteiger partial charge < -0.3 is 13.9 Å². The Morgan fingerprint density at radius 3 is 2.56 bits per heavy atom. The van der Waals surface area contributed by atoms with Crippen molar-refractivity contribution >= 4 is 32.9 Å². The summed E-state index contributed by atoms with van der Waals surface area (Å²) in [5, 5.41) is 0.751. The van der Waals surface area contributed by atoms with Gasteiger partial charge in [0.2, 0.25) is 0 Å². The minimum absolute atomic E-state index is 0.297. The molecule has 0 aliphatic rings. The van der Waals surface area contributed by atoms with Crippen LogP contribution in [0.5, 0.6) is 5.75 Å². The SMILES string of the molecule is CCOC(=O)[C@@H](C)Oc1ccc2oc(=O)c(-c3ccc(Br)cc3)c(C)c2c1. The molecule has 0 amide bonds. The molecule has 3 rings (SSSR count). The van der Waals surface area contributed by atoms with Gasteiger partial charge in [0.1, 0.15) is 11.3 Å². The molecule has 0 unspecified atom stereocenters. The van der Waals surface area contributed by atoms with Gasteiger partial charge in [0.15, 0.2) is 6.10 Å². The number of hydrogen-bond donors (Lipinski definition) is 0. The Bertz CT molecular complexity index is 1040. The van der Waals surface area contributed by atoms with Crippen LogP contribution in [-0.2, 0) is 9.53 Å². The van der Waals surface area contributed by atoms with E-state index in [4.69, 9.17) is 13.9 Å². The van der Waals surface area contributed by atoms with Crippen molar-refractivity contribution in [2.45, 2.75) is 26.9 Å². The maximum Gasteiger partial charge on any atom is 0.347 e. The second-order valence-electron chi connectivity index (χ2n) is 6.07. The zero-order valence-corrected chi connectivity index (χ0v) is 16.8. The Morgan fingerprint density at radius 1 is 1.19 bits per heavy atom. The van der Waals surface area contributed by atoms with Crippen molar-refractivity contribution in [2.75, 3.05) is 6.61 Å². The van der Waals surface area contributed by atoms with Crippen molar-refractivity contribution < 1.29 is 18.7 Å². The summed E-state index contributed by atoms with van der Waals surface area (Å²) in [5.74, 6) is 0.0752. The van der Waals surface area contributed by atoms with Gasteiger partial charge in [-0.1, -0.05) is 28.1 Å². The van der Waals surface area contributed by atoms with Gasteiger partial charge in [-0.2, -0.15) is 0 Å². The summed E-state index contributed by atoms with van der Waals surface area (Å²) in [5.41, 5.74) is 2.14. The number of aryl methyl sites for hydroxylation is 1. The quantitative estimate of drug-likeness (QED) is 0.427. The number of hydrogen-bond acceptors (Lipinski definition) is 5. The molecular weight excluding hydrogens is 412 g/mol. The minimum atomic E-state index is -0.732. The molecule has 0 bridgehead atoms. The molecule has 27 heavy (non-hydrogen) atoms. The van der Waals surface area contributed by atoms with E-state index in [0.717, 1.165) is 21.0 Å². The average Bonchev–Trinajstić information content (AvgIpc) is 2.64.